The summed E-state index contributed by atoms with van der Waals surface area (Å²) in [6.07, 6.45) is 0. The third-order valence-electron chi connectivity index (χ3n) is 15.7. The van der Waals surface area contributed by atoms with Gasteiger partial charge in [0.1, 0.15) is 11.6 Å². The van der Waals surface area contributed by atoms with Gasteiger partial charge in [-0.2, -0.15) is 0 Å². The molecule has 10 aromatic carbocycles. The van der Waals surface area contributed by atoms with Gasteiger partial charge >= 0.3 is 0 Å². The number of fused-ring (bicyclic) bond motifs is 13. The number of aromatic nitrogens is 8. The number of nitrogens with zero attached hydrogens (tertiary/aromatic N) is 8. The molecule has 9 heteroatoms. The van der Waals surface area contributed by atoms with Crippen molar-refractivity contribution in [1.82, 2.24) is 37.5 Å². The standard InChI is InChI=1S/C67H44N8Si/c1-3-19-48(20-4-1)76(49-21-5-2-6-22-49,51-41-37-47(38-42-51)71-56-27-11-7-23-52(56)53-24-8-12-28-57(53)71)50-39-35-45(36-40-50)46-43-64(74-62-33-17-15-31-60(62)72-58-29-13-9-25-54(58)68-66(72)74)70-65(44-46)75-63-34-18-16-32-61(63)73-59-30-14-10-26-55(59)69-67(73)75/h1-44H. The Bertz CT molecular complexity index is 4670. The molecule has 0 atom stereocenters. The molecule has 0 radical (unpaired) electrons. The summed E-state index contributed by atoms with van der Waals surface area (Å²) in [7, 11) is -2.95. The van der Waals surface area contributed by atoms with E-state index < -0.39 is 8.07 Å². The maximum Gasteiger partial charge on any atom is 0.221 e. The first kappa shape index (κ1) is 42.4. The Balaban J connectivity index is 0.921. The normalized spacial score (nSPS) is 12.2. The highest BCUT2D eigenvalue weighted by Gasteiger charge is 2.41. The van der Waals surface area contributed by atoms with Gasteiger partial charge in [0.05, 0.1) is 55.2 Å². The minimum absolute atomic E-state index is 0.755. The predicted octanol–water partition coefficient (Wildman–Crippen LogP) is 12.7. The summed E-state index contributed by atoms with van der Waals surface area (Å²) in [4.78, 5) is 16.2. The highest BCUT2D eigenvalue weighted by atomic mass is 28.3. The number of para-hydroxylation sites is 10. The van der Waals surface area contributed by atoms with Gasteiger partial charge in [0.25, 0.3) is 0 Å². The van der Waals surface area contributed by atoms with Crippen LogP contribution in [0.2, 0.25) is 0 Å². The first-order valence-corrected chi connectivity index (χ1v) is 27.8. The molecule has 0 amide bonds. The van der Waals surface area contributed by atoms with E-state index in [2.05, 4.69) is 277 Å². The number of imidazole rings is 4. The molecule has 0 fully saturated rings. The Hall–Kier alpha value is -10.1. The third-order valence-corrected chi connectivity index (χ3v) is 20.5. The van der Waals surface area contributed by atoms with Crippen molar-refractivity contribution in [3.63, 3.8) is 0 Å². The van der Waals surface area contributed by atoms with Crippen molar-refractivity contribution in [3.05, 3.63) is 267 Å². The molecule has 0 N–H and O–H groups in total. The lowest BCUT2D eigenvalue weighted by atomic mass is 10.1. The highest BCUT2D eigenvalue weighted by molar-refractivity contribution is 7.19. The molecule has 0 aliphatic rings. The lowest BCUT2D eigenvalue weighted by Crippen LogP contribution is -2.74. The Morgan fingerprint density at radius 2 is 0.632 bits per heavy atom. The molecular weight excluding hydrogens is 945 g/mol. The van der Waals surface area contributed by atoms with E-state index in [1.807, 2.05) is 12.1 Å². The number of rotatable bonds is 8. The summed E-state index contributed by atoms with van der Waals surface area (Å²) >= 11 is 0. The van der Waals surface area contributed by atoms with Crippen LogP contribution in [0.5, 0.6) is 0 Å². The number of benzene rings is 10. The summed E-state index contributed by atoms with van der Waals surface area (Å²) in [6, 6.07) is 96.8. The van der Waals surface area contributed by atoms with Crippen LogP contribution < -0.4 is 20.7 Å². The third kappa shape index (κ3) is 6.08. The van der Waals surface area contributed by atoms with Gasteiger partial charge in [-0.1, -0.05) is 182 Å². The Morgan fingerprint density at radius 3 is 1.11 bits per heavy atom. The van der Waals surface area contributed by atoms with Crippen LogP contribution in [0, 0.1) is 0 Å². The zero-order chi connectivity index (χ0) is 49.9. The van der Waals surface area contributed by atoms with Crippen LogP contribution in [-0.4, -0.2) is 45.5 Å². The Morgan fingerprint density at radius 1 is 0.263 bits per heavy atom. The quantitative estimate of drug-likeness (QED) is 0.113. The van der Waals surface area contributed by atoms with E-state index in [0.717, 1.165) is 84.1 Å². The van der Waals surface area contributed by atoms with Crippen molar-refractivity contribution in [2.45, 2.75) is 0 Å². The molecule has 16 aromatic rings. The maximum atomic E-state index is 5.64. The van der Waals surface area contributed by atoms with E-state index >= 15 is 0 Å². The van der Waals surface area contributed by atoms with E-state index in [0.29, 0.717) is 0 Å². The lowest BCUT2D eigenvalue weighted by Gasteiger charge is -2.34. The molecule has 0 spiro atoms. The van der Waals surface area contributed by atoms with E-state index in [4.69, 9.17) is 15.0 Å². The van der Waals surface area contributed by atoms with Gasteiger partial charge in [0.15, 0.2) is 8.07 Å². The van der Waals surface area contributed by atoms with Crippen molar-refractivity contribution in [2.75, 3.05) is 0 Å². The molecule has 8 nitrogen and oxygen atoms in total. The zero-order valence-electron chi connectivity index (χ0n) is 41.0. The summed E-state index contributed by atoms with van der Waals surface area (Å²) in [5.74, 6) is 3.11. The Kier molecular flexibility index (Phi) is 9.19. The summed E-state index contributed by atoms with van der Waals surface area (Å²) in [6.45, 7) is 0. The lowest BCUT2D eigenvalue weighted by molar-refractivity contribution is 0.983. The molecule has 356 valence electrons. The molecule has 6 aromatic heterocycles. The summed E-state index contributed by atoms with van der Waals surface area (Å²) < 4.78 is 11.3. The van der Waals surface area contributed by atoms with Crippen LogP contribution in [0.15, 0.2) is 267 Å². The molecule has 0 aliphatic carbocycles. The fraction of sp³-hybridized carbons (Fsp3) is 0. The number of hydrogen-bond donors (Lipinski definition) is 0. The Labute approximate surface area is 436 Å². The predicted molar refractivity (Wildman–Crippen MR) is 314 cm³/mol. The van der Waals surface area contributed by atoms with Crippen molar-refractivity contribution >= 4 is 106 Å². The summed E-state index contributed by atoms with van der Waals surface area (Å²) in [5.41, 5.74) is 13.7. The van der Waals surface area contributed by atoms with E-state index in [1.165, 1.54) is 42.6 Å². The van der Waals surface area contributed by atoms with Crippen LogP contribution in [0.25, 0.3) is 106 Å². The van der Waals surface area contributed by atoms with Gasteiger partial charge in [-0.25, -0.2) is 15.0 Å². The van der Waals surface area contributed by atoms with Gasteiger partial charge in [0, 0.05) is 16.5 Å². The van der Waals surface area contributed by atoms with Crippen molar-refractivity contribution in [3.8, 4) is 28.5 Å². The smallest absolute Gasteiger partial charge is 0.221 e. The first-order chi connectivity index (χ1) is 37.7. The van der Waals surface area contributed by atoms with Gasteiger partial charge in [-0.3, -0.25) is 17.9 Å². The van der Waals surface area contributed by atoms with Crippen LogP contribution >= 0.6 is 0 Å². The molecule has 0 bridgehead atoms. The number of pyridine rings is 1. The molecular formula is C67H44N8Si. The van der Waals surface area contributed by atoms with Crippen LogP contribution in [-0.2, 0) is 0 Å². The molecule has 6 heterocycles. The molecule has 0 aliphatic heterocycles. The maximum absolute atomic E-state index is 5.64. The van der Waals surface area contributed by atoms with Gasteiger partial charge in [-0.05, 0) is 117 Å². The fourth-order valence-electron chi connectivity index (χ4n) is 12.4. The highest BCUT2D eigenvalue weighted by Crippen LogP contribution is 2.36. The van der Waals surface area contributed by atoms with E-state index in [-0.39, 0.29) is 0 Å². The molecule has 76 heavy (non-hydrogen) atoms. The first-order valence-electron chi connectivity index (χ1n) is 25.8. The minimum Gasteiger partial charge on any atom is -0.309 e. The van der Waals surface area contributed by atoms with Gasteiger partial charge < -0.3 is 4.57 Å². The molecule has 0 saturated carbocycles. The minimum atomic E-state index is -2.95. The topological polar surface area (TPSA) is 62.3 Å². The molecule has 0 saturated heterocycles. The average Bonchev–Trinajstić information content (AvgIpc) is 4.38. The number of hydrogen-bond acceptors (Lipinski definition) is 3. The van der Waals surface area contributed by atoms with Gasteiger partial charge in [0.2, 0.25) is 11.6 Å². The van der Waals surface area contributed by atoms with Crippen LogP contribution in [0.3, 0.4) is 0 Å². The van der Waals surface area contributed by atoms with Crippen molar-refractivity contribution in [1.29, 1.82) is 0 Å². The van der Waals surface area contributed by atoms with Crippen LogP contribution in [0.1, 0.15) is 0 Å². The van der Waals surface area contributed by atoms with Crippen LogP contribution in [0.4, 0.5) is 0 Å². The summed E-state index contributed by atoms with van der Waals surface area (Å²) in [5, 5.41) is 7.74. The monoisotopic (exact) mass is 988 g/mol. The average molecular weight is 989 g/mol. The largest absolute Gasteiger partial charge is 0.309 e. The van der Waals surface area contributed by atoms with Crippen molar-refractivity contribution in [2.24, 2.45) is 0 Å². The van der Waals surface area contributed by atoms with Gasteiger partial charge in [-0.15, -0.1) is 0 Å². The molecule has 16 rings (SSSR count). The fourth-order valence-corrected chi connectivity index (χ4v) is 17.1. The molecule has 0 unspecified atom stereocenters. The zero-order valence-corrected chi connectivity index (χ0v) is 42.0. The van der Waals surface area contributed by atoms with E-state index in [9.17, 15) is 0 Å². The second kappa shape index (κ2) is 16.5. The van der Waals surface area contributed by atoms with Crippen molar-refractivity contribution < 1.29 is 0 Å². The van der Waals surface area contributed by atoms with E-state index in [1.54, 1.807) is 0 Å². The second-order valence-electron chi connectivity index (χ2n) is 19.7. The second-order valence-corrected chi connectivity index (χ2v) is 23.5. The SMILES string of the molecule is c1ccc([Si](c2ccccc2)(c2ccc(-c3cc(-n4c5ccccc5n5c6ccccc6nc45)nc(-n4c5ccccc5n5c6ccccc6nc45)c3)cc2)c2ccc(-n3c4ccccc4c4ccccc43)cc2)cc1.